The summed E-state index contributed by atoms with van der Waals surface area (Å²) >= 11 is 0. The van der Waals surface area contributed by atoms with Crippen LogP contribution in [0.3, 0.4) is 0 Å². The van der Waals surface area contributed by atoms with Crippen LogP contribution in [-0.4, -0.2) is 13.4 Å². The van der Waals surface area contributed by atoms with Gasteiger partial charge >= 0.3 is 0 Å². The molecule has 1 fully saturated rings. The highest BCUT2D eigenvalue weighted by atomic mass is 15.3. The van der Waals surface area contributed by atoms with Gasteiger partial charge in [-0.15, -0.1) is 5.98 Å². The van der Waals surface area contributed by atoms with Gasteiger partial charge in [-0.3, -0.25) is 10.6 Å². The fraction of sp³-hybridized carbons (Fsp3) is 0.231. The molecule has 2 aliphatic heterocycles. The minimum absolute atomic E-state index is 0.312. The van der Waals surface area contributed by atoms with Crippen LogP contribution in [0.1, 0.15) is 17.3 Å². The summed E-state index contributed by atoms with van der Waals surface area (Å²) in [6, 6.07) is 8.67. The van der Waals surface area contributed by atoms with Gasteiger partial charge in [-0.05, 0) is 12.5 Å². The zero-order valence-electron chi connectivity index (χ0n) is 9.40. The van der Waals surface area contributed by atoms with Crippen LogP contribution in [0, 0.1) is 6.92 Å². The highest BCUT2D eigenvalue weighted by molar-refractivity contribution is 6.52. The fourth-order valence-electron chi connectivity index (χ4n) is 2.18. The van der Waals surface area contributed by atoms with E-state index in [1.54, 1.807) is 0 Å². The maximum absolute atomic E-state index is 3.54. The average Bonchev–Trinajstić information content (AvgIpc) is 2.72. The Labute approximate surface area is 96.7 Å². The number of hydrogen-bond acceptors (Lipinski definition) is 2. The first kappa shape index (κ1) is 9.88. The molecule has 1 aromatic rings. The molecule has 0 saturated carbocycles. The normalized spacial score (nSPS) is 27.2. The third-order valence-electron chi connectivity index (χ3n) is 3.25. The maximum atomic E-state index is 3.54. The zero-order chi connectivity index (χ0) is 11.0. The minimum Gasteiger partial charge on any atom is -0.280 e. The van der Waals surface area contributed by atoms with Crippen molar-refractivity contribution < 1.29 is 0 Å². The molecule has 2 nitrogen and oxygen atoms in total. The molecule has 0 spiro atoms. The van der Waals surface area contributed by atoms with Crippen LogP contribution in [0.15, 0.2) is 47.9 Å². The molecule has 3 heteroatoms. The van der Waals surface area contributed by atoms with E-state index >= 15 is 0 Å². The van der Waals surface area contributed by atoms with Crippen molar-refractivity contribution >= 4 is 7.28 Å². The van der Waals surface area contributed by atoms with Crippen LogP contribution < -0.4 is 10.6 Å². The van der Waals surface area contributed by atoms with Crippen LogP contribution in [0.5, 0.6) is 0 Å². The highest BCUT2D eigenvalue weighted by Gasteiger charge is 2.30. The molecule has 0 bridgehead atoms. The van der Waals surface area contributed by atoms with Gasteiger partial charge in [0, 0.05) is 0 Å². The van der Waals surface area contributed by atoms with Crippen molar-refractivity contribution in [3.05, 3.63) is 59.0 Å². The van der Waals surface area contributed by atoms with Gasteiger partial charge < -0.3 is 0 Å². The van der Waals surface area contributed by atoms with Gasteiger partial charge in [0.25, 0.3) is 0 Å². The van der Waals surface area contributed by atoms with Gasteiger partial charge in [-0.2, -0.15) is 0 Å². The largest absolute Gasteiger partial charge is 0.280 e. The second kappa shape index (κ2) is 3.93. The van der Waals surface area contributed by atoms with Crippen LogP contribution in [0.25, 0.3) is 0 Å². The predicted octanol–water partition coefficient (Wildman–Crippen LogP) is 1.36. The molecule has 16 heavy (non-hydrogen) atoms. The number of allylic oxidation sites excluding steroid dienone is 2. The van der Waals surface area contributed by atoms with Gasteiger partial charge in [-0.25, -0.2) is 0 Å². The lowest BCUT2D eigenvalue weighted by atomic mass is 9.70. The van der Waals surface area contributed by atoms with E-state index < -0.39 is 0 Å². The number of nitrogens with one attached hydrogen (secondary N) is 2. The number of aryl methyl sites for hydroxylation is 1. The Morgan fingerprint density at radius 3 is 2.44 bits per heavy atom. The Hall–Kier alpha value is -1.32. The Kier molecular flexibility index (Phi) is 2.42. The molecule has 0 atom stereocenters. The van der Waals surface area contributed by atoms with Gasteiger partial charge in [0.15, 0.2) is 7.28 Å². The van der Waals surface area contributed by atoms with Gasteiger partial charge in [0.2, 0.25) is 0 Å². The molecular weight excluding hydrogens is 195 g/mol. The van der Waals surface area contributed by atoms with Crippen LogP contribution in [0.4, 0.5) is 0 Å². The second-order valence-corrected chi connectivity index (χ2v) is 4.48. The fourth-order valence-corrected chi connectivity index (χ4v) is 2.18. The van der Waals surface area contributed by atoms with Gasteiger partial charge in [0.05, 0.1) is 12.3 Å². The lowest BCUT2D eigenvalue weighted by Gasteiger charge is -2.40. The van der Waals surface area contributed by atoms with E-state index in [4.69, 9.17) is 0 Å². The Balaban J connectivity index is 1.62. The summed E-state index contributed by atoms with van der Waals surface area (Å²) in [5.74, 6) is 2.19. The summed E-state index contributed by atoms with van der Waals surface area (Å²) in [5.41, 5.74) is 4.05. The van der Waals surface area contributed by atoms with Crippen molar-refractivity contribution in [2.45, 2.75) is 19.3 Å². The topological polar surface area (TPSA) is 24.1 Å². The number of rotatable bonds is 2. The first-order valence-corrected chi connectivity index (χ1v) is 5.77. The molecule has 1 aromatic carbocycles. The summed E-state index contributed by atoms with van der Waals surface area (Å²) in [6.07, 6.45) is 4.99. The van der Waals surface area contributed by atoms with E-state index in [0.29, 0.717) is 12.3 Å². The number of hydrogen-bond donors (Lipinski definition) is 2. The molecule has 0 unspecified atom stereocenters. The summed E-state index contributed by atoms with van der Waals surface area (Å²) in [4.78, 5) is 0. The highest BCUT2D eigenvalue weighted by Crippen LogP contribution is 2.22. The second-order valence-electron chi connectivity index (χ2n) is 4.48. The predicted molar refractivity (Wildman–Crippen MR) is 68.4 cm³/mol. The van der Waals surface area contributed by atoms with Crippen molar-refractivity contribution in [3.63, 3.8) is 0 Å². The van der Waals surface area contributed by atoms with E-state index in [1.165, 1.54) is 16.6 Å². The third-order valence-corrected chi connectivity index (χ3v) is 3.25. The standard InChI is InChI=1S/C13H15BN2/c1-9-4-6-10(7-5-9)12-15-13(16-12)11-3-2-8-14-11/h2-8,12-16H,1H3. The van der Waals surface area contributed by atoms with E-state index in [9.17, 15) is 0 Å². The maximum Gasteiger partial charge on any atom is 0.181 e. The Bertz CT molecular complexity index is 442. The van der Waals surface area contributed by atoms with Crippen LogP contribution in [-0.2, 0) is 0 Å². The molecule has 2 heterocycles. The molecule has 0 amide bonds. The van der Waals surface area contributed by atoms with Crippen molar-refractivity contribution in [2.75, 3.05) is 0 Å². The van der Waals surface area contributed by atoms with E-state index in [2.05, 4.69) is 60.0 Å². The first-order chi connectivity index (χ1) is 7.83. The van der Waals surface area contributed by atoms with E-state index in [-0.39, 0.29) is 0 Å². The third kappa shape index (κ3) is 1.73. The van der Waals surface area contributed by atoms with E-state index in [1.807, 2.05) is 0 Å². The molecule has 2 N–H and O–H groups in total. The zero-order valence-corrected chi connectivity index (χ0v) is 9.40. The summed E-state index contributed by atoms with van der Waals surface area (Å²) < 4.78 is 0. The van der Waals surface area contributed by atoms with Crippen LogP contribution >= 0.6 is 0 Å². The smallest absolute Gasteiger partial charge is 0.181 e. The SMILES string of the molecule is Cc1ccc(C2NC(C3=CC=CB3)N2)cc1. The minimum atomic E-state index is 0.312. The average molecular weight is 210 g/mol. The van der Waals surface area contributed by atoms with E-state index in [0.717, 1.165) is 7.28 Å². The monoisotopic (exact) mass is 210 g/mol. The molecule has 1 saturated heterocycles. The first-order valence-electron chi connectivity index (χ1n) is 5.77. The molecular formula is C13H15BN2. The molecule has 0 aliphatic carbocycles. The lowest BCUT2D eigenvalue weighted by Crippen LogP contribution is -2.62. The lowest BCUT2D eigenvalue weighted by molar-refractivity contribution is 0.239. The van der Waals surface area contributed by atoms with Crippen LogP contribution in [0.2, 0.25) is 0 Å². The quantitative estimate of drug-likeness (QED) is 0.720. The summed E-state index contributed by atoms with van der Waals surface area (Å²) in [6.45, 7) is 2.11. The summed E-state index contributed by atoms with van der Waals surface area (Å²) in [5, 5.41) is 7.08. The molecule has 0 aromatic heterocycles. The molecule has 2 aliphatic rings. The van der Waals surface area contributed by atoms with Gasteiger partial charge in [-0.1, -0.05) is 47.5 Å². The Morgan fingerprint density at radius 2 is 1.81 bits per heavy atom. The van der Waals surface area contributed by atoms with Gasteiger partial charge in [0.1, 0.15) is 0 Å². The van der Waals surface area contributed by atoms with Crippen molar-refractivity contribution in [1.82, 2.24) is 10.6 Å². The summed E-state index contributed by atoms with van der Waals surface area (Å²) in [7, 11) is 1.07. The van der Waals surface area contributed by atoms with Crippen molar-refractivity contribution in [1.29, 1.82) is 0 Å². The van der Waals surface area contributed by atoms with Crippen molar-refractivity contribution in [3.8, 4) is 0 Å². The molecule has 0 radical (unpaired) electrons. The number of benzene rings is 1. The molecule has 3 rings (SSSR count). The molecule has 80 valence electrons. The van der Waals surface area contributed by atoms with Crippen molar-refractivity contribution in [2.24, 2.45) is 0 Å². The Morgan fingerprint density at radius 1 is 1.06 bits per heavy atom.